The van der Waals surface area contributed by atoms with Crippen LogP contribution >= 0.6 is 0 Å². The predicted molar refractivity (Wildman–Crippen MR) is 77.3 cm³/mol. The van der Waals surface area contributed by atoms with Crippen molar-refractivity contribution >= 4 is 16.9 Å². The lowest BCUT2D eigenvalue weighted by molar-refractivity contribution is 0.501. The van der Waals surface area contributed by atoms with Gasteiger partial charge in [-0.05, 0) is 24.6 Å². The third-order valence-corrected chi connectivity index (χ3v) is 3.11. The molecule has 6 heteroatoms. The molecule has 2 aromatic heterocycles. The van der Waals surface area contributed by atoms with Crippen LogP contribution in [-0.4, -0.2) is 15.2 Å². The fourth-order valence-corrected chi connectivity index (χ4v) is 2.17. The first-order chi connectivity index (χ1) is 10.3. The Labute approximate surface area is 121 Å². The van der Waals surface area contributed by atoms with Crippen molar-refractivity contribution in [3.05, 3.63) is 47.7 Å². The monoisotopic (exact) mass is 286 g/mol. The molecule has 3 rings (SSSR count). The molecule has 5 nitrogen and oxygen atoms in total. The van der Waals surface area contributed by atoms with Crippen LogP contribution in [0.4, 0.5) is 10.4 Å². The normalized spacial score (nSPS) is 11.0. The number of aromatic nitrogens is 3. The molecule has 0 spiro atoms. The van der Waals surface area contributed by atoms with Gasteiger partial charge < -0.3 is 9.73 Å². The van der Waals surface area contributed by atoms with Gasteiger partial charge in [0.25, 0.3) is 0 Å². The van der Waals surface area contributed by atoms with Gasteiger partial charge in [0.05, 0.1) is 5.52 Å². The van der Waals surface area contributed by atoms with Crippen molar-refractivity contribution in [2.24, 2.45) is 0 Å². The first kappa shape index (κ1) is 13.5. The van der Waals surface area contributed by atoms with Crippen LogP contribution in [0.1, 0.15) is 24.8 Å². The van der Waals surface area contributed by atoms with E-state index in [1.807, 2.05) is 13.0 Å². The second-order valence-corrected chi connectivity index (χ2v) is 4.74. The smallest absolute Gasteiger partial charge is 0.315 e. The quantitative estimate of drug-likeness (QED) is 0.779. The van der Waals surface area contributed by atoms with E-state index in [0.29, 0.717) is 18.5 Å². The molecule has 0 atom stereocenters. The molecule has 0 amide bonds. The number of nitrogens with one attached hydrogen (secondary N) is 1. The van der Waals surface area contributed by atoms with Crippen LogP contribution in [0.15, 0.2) is 34.9 Å². The van der Waals surface area contributed by atoms with Crippen LogP contribution in [0.5, 0.6) is 0 Å². The van der Waals surface area contributed by atoms with E-state index in [1.54, 1.807) is 12.3 Å². The van der Waals surface area contributed by atoms with E-state index < -0.39 is 0 Å². The number of benzene rings is 1. The number of hydrogen-bond donors (Lipinski definition) is 1. The minimum atomic E-state index is -0.287. The zero-order valence-corrected chi connectivity index (χ0v) is 11.6. The maximum atomic E-state index is 13.6. The average Bonchev–Trinajstić information content (AvgIpc) is 2.93. The van der Waals surface area contributed by atoms with E-state index in [4.69, 9.17) is 4.42 Å². The highest BCUT2D eigenvalue weighted by Gasteiger charge is 2.08. The fourth-order valence-electron chi connectivity index (χ4n) is 2.17. The van der Waals surface area contributed by atoms with E-state index >= 15 is 0 Å². The number of halogens is 1. The van der Waals surface area contributed by atoms with Gasteiger partial charge >= 0.3 is 6.01 Å². The highest BCUT2D eigenvalue weighted by atomic mass is 19.1. The Morgan fingerprint density at radius 1 is 1.29 bits per heavy atom. The van der Waals surface area contributed by atoms with Crippen LogP contribution in [0.3, 0.4) is 0 Å². The zero-order valence-electron chi connectivity index (χ0n) is 11.6. The molecule has 3 aromatic rings. The molecule has 1 aromatic carbocycles. The fraction of sp³-hybridized carbons (Fsp3) is 0.267. The summed E-state index contributed by atoms with van der Waals surface area (Å²) in [5.74, 6) is 0.312. The van der Waals surface area contributed by atoms with Gasteiger partial charge in [0, 0.05) is 30.1 Å². The minimum Gasteiger partial charge on any atom is -0.408 e. The van der Waals surface area contributed by atoms with Crippen LogP contribution in [0.25, 0.3) is 10.9 Å². The number of nitrogens with zero attached hydrogens (tertiary/aromatic N) is 3. The van der Waals surface area contributed by atoms with E-state index in [1.165, 1.54) is 12.1 Å². The molecule has 0 saturated carbocycles. The number of anilines is 1. The van der Waals surface area contributed by atoms with Crippen LogP contribution in [0.2, 0.25) is 0 Å². The number of rotatable bonds is 5. The third-order valence-electron chi connectivity index (χ3n) is 3.11. The molecule has 0 aliphatic rings. The van der Waals surface area contributed by atoms with Crippen molar-refractivity contribution in [1.82, 2.24) is 15.2 Å². The van der Waals surface area contributed by atoms with Gasteiger partial charge in [0.1, 0.15) is 5.82 Å². The molecule has 1 N–H and O–H groups in total. The topological polar surface area (TPSA) is 63.8 Å². The maximum absolute atomic E-state index is 13.6. The first-order valence-electron chi connectivity index (χ1n) is 6.85. The molecular formula is C15H15FN4O. The van der Waals surface area contributed by atoms with E-state index in [0.717, 1.165) is 29.3 Å². The Morgan fingerprint density at radius 3 is 3.05 bits per heavy atom. The van der Waals surface area contributed by atoms with Gasteiger partial charge in [0.15, 0.2) is 0 Å². The highest BCUT2D eigenvalue weighted by molar-refractivity contribution is 5.81. The number of fused-ring (bicyclic) bond motifs is 1. The summed E-state index contributed by atoms with van der Waals surface area (Å²) in [6.45, 7) is 2.42. The number of hydrogen-bond acceptors (Lipinski definition) is 5. The van der Waals surface area contributed by atoms with Gasteiger partial charge in [0.2, 0.25) is 5.89 Å². The van der Waals surface area contributed by atoms with Gasteiger partial charge in [-0.2, -0.15) is 0 Å². The van der Waals surface area contributed by atoms with Crippen molar-refractivity contribution in [2.75, 3.05) is 5.32 Å². The standard InChI is InChI=1S/C15H15FN4O/c1-2-4-13-19-20-15(21-13)18-9-11-8-12(16)7-10-5-3-6-17-14(10)11/h3,5-8H,2,4,9H2,1H3,(H,18,20). The SMILES string of the molecule is CCCc1nnc(NCc2cc(F)cc3cccnc23)o1. The van der Waals surface area contributed by atoms with E-state index in [2.05, 4.69) is 20.5 Å². The van der Waals surface area contributed by atoms with Crippen LogP contribution in [0, 0.1) is 5.82 Å². The number of pyridine rings is 1. The highest BCUT2D eigenvalue weighted by Crippen LogP contribution is 2.19. The molecule has 0 aliphatic heterocycles. The van der Waals surface area contributed by atoms with Gasteiger partial charge in [-0.3, -0.25) is 4.98 Å². The van der Waals surface area contributed by atoms with Gasteiger partial charge in [-0.25, -0.2) is 4.39 Å². The minimum absolute atomic E-state index is 0.287. The molecular weight excluding hydrogens is 271 g/mol. The van der Waals surface area contributed by atoms with Crippen molar-refractivity contribution in [3.8, 4) is 0 Å². The summed E-state index contributed by atoms with van der Waals surface area (Å²) in [6.07, 6.45) is 3.38. The molecule has 0 radical (unpaired) electrons. The summed E-state index contributed by atoms with van der Waals surface area (Å²) in [5, 5.41) is 11.6. The Balaban J connectivity index is 1.81. The first-order valence-corrected chi connectivity index (χ1v) is 6.85. The Hall–Kier alpha value is -2.50. The third kappa shape index (κ3) is 2.99. The maximum Gasteiger partial charge on any atom is 0.315 e. The summed E-state index contributed by atoms with van der Waals surface area (Å²) in [5.41, 5.74) is 1.51. The largest absolute Gasteiger partial charge is 0.408 e. The lowest BCUT2D eigenvalue weighted by atomic mass is 10.1. The summed E-state index contributed by atoms with van der Waals surface area (Å²) >= 11 is 0. The molecule has 108 valence electrons. The lowest BCUT2D eigenvalue weighted by Gasteiger charge is -2.06. The summed E-state index contributed by atoms with van der Waals surface area (Å²) in [4.78, 5) is 4.30. The summed E-state index contributed by atoms with van der Waals surface area (Å²) < 4.78 is 19.1. The van der Waals surface area contributed by atoms with Gasteiger partial charge in [-0.1, -0.05) is 18.1 Å². The van der Waals surface area contributed by atoms with E-state index in [9.17, 15) is 4.39 Å². The molecule has 2 heterocycles. The van der Waals surface area contributed by atoms with E-state index in [-0.39, 0.29) is 5.82 Å². The van der Waals surface area contributed by atoms with Gasteiger partial charge in [-0.15, -0.1) is 5.10 Å². The lowest BCUT2D eigenvalue weighted by Crippen LogP contribution is -2.02. The Bertz CT molecular complexity index is 756. The summed E-state index contributed by atoms with van der Waals surface area (Å²) in [6, 6.07) is 6.89. The predicted octanol–water partition coefficient (Wildman–Crippen LogP) is 3.32. The van der Waals surface area contributed by atoms with Crippen LogP contribution in [-0.2, 0) is 13.0 Å². The van der Waals surface area contributed by atoms with Crippen LogP contribution < -0.4 is 5.32 Å². The van der Waals surface area contributed by atoms with Crippen molar-refractivity contribution in [2.45, 2.75) is 26.3 Å². The second-order valence-electron chi connectivity index (χ2n) is 4.74. The summed E-state index contributed by atoms with van der Waals surface area (Å²) in [7, 11) is 0. The van der Waals surface area contributed by atoms with Crippen molar-refractivity contribution in [3.63, 3.8) is 0 Å². The zero-order chi connectivity index (χ0) is 14.7. The molecule has 21 heavy (non-hydrogen) atoms. The Kier molecular flexibility index (Phi) is 3.77. The molecule has 0 bridgehead atoms. The van der Waals surface area contributed by atoms with Crippen molar-refractivity contribution < 1.29 is 8.81 Å². The second kappa shape index (κ2) is 5.87. The molecule has 0 saturated heterocycles. The Morgan fingerprint density at radius 2 is 2.19 bits per heavy atom. The average molecular weight is 286 g/mol. The molecule has 0 fully saturated rings. The number of aryl methyl sites for hydroxylation is 1. The molecule has 0 unspecified atom stereocenters. The molecule has 0 aliphatic carbocycles. The van der Waals surface area contributed by atoms with Crippen molar-refractivity contribution in [1.29, 1.82) is 0 Å².